The molecule has 9 nitrogen and oxygen atoms in total. The first-order chi connectivity index (χ1) is 14.5. The number of hydrogen-bond acceptors (Lipinski definition) is 8. The van der Waals surface area contributed by atoms with Crippen LogP contribution in [0.3, 0.4) is 0 Å². The molecule has 4 N–H and O–H groups in total. The first-order valence-corrected chi connectivity index (χ1v) is 10.4. The van der Waals surface area contributed by atoms with E-state index in [4.69, 9.17) is 10.6 Å². The molecule has 1 heterocycles. The van der Waals surface area contributed by atoms with Crippen molar-refractivity contribution in [3.8, 4) is 0 Å². The Balaban J connectivity index is 1.50. The number of carbonyl (C=O) groups is 3. The average molecular weight is 430 g/mol. The van der Waals surface area contributed by atoms with Gasteiger partial charge in [-0.05, 0) is 31.0 Å². The number of anilines is 1. The molecule has 0 aliphatic heterocycles. The van der Waals surface area contributed by atoms with Crippen molar-refractivity contribution in [2.24, 2.45) is 22.8 Å². The van der Waals surface area contributed by atoms with Crippen LogP contribution in [0.4, 0.5) is 5.69 Å². The number of hydrogen-bond donors (Lipinski definition) is 3. The van der Waals surface area contributed by atoms with E-state index in [2.05, 4.69) is 20.7 Å². The Kier molecular flexibility index (Phi) is 7.12. The minimum Gasteiger partial charge on any atom is -0.465 e. The lowest BCUT2D eigenvalue weighted by Gasteiger charge is -2.14. The average Bonchev–Trinajstić information content (AvgIpc) is 3.37. The SMILES string of the molecule is CCOC(=O)C(CNC(=O)C1CC1C(=O)Nc1ccc(C=NN)cc1)c1nccs1. The number of hydrazone groups is 1. The standard InChI is InChI=1S/C20H23N5O4S/c1-2-29-20(28)16(19-22-7-8-30-19)11-23-17(26)14-9-15(14)18(27)25-13-5-3-12(4-6-13)10-24-21/h3-8,10,14-16H,2,9,11,21H2,1H3,(H,23,26)(H,25,27). The third kappa shape index (κ3) is 5.41. The summed E-state index contributed by atoms with van der Waals surface area (Å²) in [5.41, 5.74) is 1.45. The molecule has 1 saturated carbocycles. The fourth-order valence-electron chi connectivity index (χ4n) is 3.00. The molecule has 0 radical (unpaired) electrons. The van der Waals surface area contributed by atoms with Crippen molar-refractivity contribution in [2.45, 2.75) is 19.3 Å². The summed E-state index contributed by atoms with van der Waals surface area (Å²) >= 11 is 1.33. The molecule has 30 heavy (non-hydrogen) atoms. The molecule has 0 saturated heterocycles. The van der Waals surface area contributed by atoms with Gasteiger partial charge in [-0.2, -0.15) is 5.10 Å². The molecular formula is C20H23N5O4S. The lowest BCUT2D eigenvalue weighted by atomic mass is 10.1. The van der Waals surface area contributed by atoms with E-state index < -0.39 is 23.7 Å². The fourth-order valence-corrected chi connectivity index (χ4v) is 3.73. The van der Waals surface area contributed by atoms with Gasteiger partial charge in [-0.15, -0.1) is 11.3 Å². The first kappa shape index (κ1) is 21.4. The van der Waals surface area contributed by atoms with E-state index in [1.165, 1.54) is 17.6 Å². The van der Waals surface area contributed by atoms with Gasteiger partial charge in [0.15, 0.2) is 0 Å². The molecule has 1 aliphatic carbocycles. The Morgan fingerprint density at radius 1 is 1.30 bits per heavy atom. The molecule has 1 fully saturated rings. The highest BCUT2D eigenvalue weighted by atomic mass is 32.1. The van der Waals surface area contributed by atoms with Crippen LogP contribution in [-0.2, 0) is 19.1 Å². The van der Waals surface area contributed by atoms with Crippen LogP contribution < -0.4 is 16.5 Å². The summed E-state index contributed by atoms with van der Waals surface area (Å²) in [4.78, 5) is 41.2. The van der Waals surface area contributed by atoms with Gasteiger partial charge in [0.2, 0.25) is 11.8 Å². The molecular weight excluding hydrogens is 406 g/mol. The normalized spacial score (nSPS) is 18.6. The molecule has 0 bridgehead atoms. The Bertz CT molecular complexity index is 914. The summed E-state index contributed by atoms with van der Waals surface area (Å²) in [5.74, 6) is 2.75. The number of benzene rings is 1. The van der Waals surface area contributed by atoms with Crippen LogP contribution in [0.2, 0.25) is 0 Å². The van der Waals surface area contributed by atoms with Crippen molar-refractivity contribution < 1.29 is 19.1 Å². The van der Waals surface area contributed by atoms with E-state index in [9.17, 15) is 14.4 Å². The zero-order valence-corrected chi connectivity index (χ0v) is 17.2. The molecule has 1 aromatic heterocycles. The molecule has 158 valence electrons. The fraction of sp³-hybridized carbons (Fsp3) is 0.350. The number of nitrogens with two attached hydrogens (primary N) is 1. The molecule has 3 atom stereocenters. The number of rotatable bonds is 9. The van der Waals surface area contributed by atoms with Gasteiger partial charge in [0.25, 0.3) is 0 Å². The van der Waals surface area contributed by atoms with E-state index in [1.807, 2.05) is 0 Å². The molecule has 2 aromatic rings. The summed E-state index contributed by atoms with van der Waals surface area (Å²) in [6.45, 7) is 2.06. The highest BCUT2D eigenvalue weighted by Crippen LogP contribution is 2.39. The van der Waals surface area contributed by atoms with Gasteiger partial charge >= 0.3 is 5.97 Å². The highest BCUT2D eigenvalue weighted by Gasteiger charge is 2.48. The van der Waals surface area contributed by atoms with E-state index in [0.29, 0.717) is 17.1 Å². The predicted octanol–water partition coefficient (Wildman–Crippen LogP) is 1.47. The number of amides is 2. The Morgan fingerprint density at radius 3 is 2.67 bits per heavy atom. The zero-order chi connectivity index (χ0) is 21.5. The maximum atomic E-state index is 12.5. The maximum absolute atomic E-state index is 12.5. The third-order valence-corrected chi connectivity index (χ3v) is 5.56. The molecule has 3 rings (SSSR count). The van der Waals surface area contributed by atoms with Gasteiger partial charge in [0, 0.05) is 23.8 Å². The summed E-state index contributed by atoms with van der Waals surface area (Å²) in [6.07, 6.45) is 3.57. The summed E-state index contributed by atoms with van der Waals surface area (Å²) in [5, 5.41) is 11.4. The molecule has 0 spiro atoms. The van der Waals surface area contributed by atoms with E-state index in [-0.39, 0.29) is 25.0 Å². The second-order valence-electron chi connectivity index (χ2n) is 6.76. The molecule has 2 amide bonds. The first-order valence-electron chi connectivity index (χ1n) is 9.51. The van der Waals surface area contributed by atoms with Gasteiger partial charge in [-0.3, -0.25) is 14.4 Å². The van der Waals surface area contributed by atoms with E-state index in [1.54, 1.807) is 42.8 Å². The van der Waals surface area contributed by atoms with Crippen LogP contribution in [0.1, 0.15) is 29.8 Å². The van der Waals surface area contributed by atoms with Crippen LogP contribution in [0.15, 0.2) is 40.9 Å². The Morgan fingerprint density at radius 2 is 2.03 bits per heavy atom. The molecule has 10 heteroatoms. The van der Waals surface area contributed by atoms with Crippen molar-refractivity contribution >= 4 is 41.0 Å². The van der Waals surface area contributed by atoms with Crippen LogP contribution in [0.5, 0.6) is 0 Å². The number of carbonyl (C=O) groups excluding carboxylic acids is 3. The molecule has 1 aromatic carbocycles. The number of esters is 1. The van der Waals surface area contributed by atoms with Crippen LogP contribution >= 0.6 is 11.3 Å². The second-order valence-corrected chi connectivity index (χ2v) is 7.68. The number of nitrogens with zero attached hydrogens (tertiary/aromatic N) is 2. The lowest BCUT2D eigenvalue weighted by Crippen LogP contribution is -2.34. The largest absolute Gasteiger partial charge is 0.465 e. The van der Waals surface area contributed by atoms with Crippen molar-refractivity contribution in [2.75, 3.05) is 18.5 Å². The topological polar surface area (TPSA) is 136 Å². The van der Waals surface area contributed by atoms with Gasteiger partial charge < -0.3 is 21.2 Å². The van der Waals surface area contributed by atoms with Crippen LogP contribution in [0, 0.1) is 11.8 Å². The number of aromatic nitrogens is 1. The lowest BCUT2D eigenvalue weighted by molar-refractivity contribution is -0.145. The van der Waals surface area contributed by atoms with E-state index >= 15 is 0 Å². The molecule has 1 aliphatic rings. The second kappa shape index (κ2) is 9.97. The summed E-state index contributed by atoms with van der Waals surface area (Å²) in [6, 6.07) is 7.03. The van der Waals surface area contributed by atoms with E-state index in [0.717, 1.165) is 5.56 Å². The maximum Gasteiger partial charge on any atom is 0.317 e. The number of nitrogens with one attached hydrogen (secondary N) is 2. The molecule has 3 unspecified atom stereocenters. The minimum absolute atomic E-state index is 0.0835. The smallest absolute Gasteiger partial charge is 0.317 e. The monoisotopic (exact) mass is 429 g/mol. The van der Waals surface area contributed by atoms with Gasteiger partial charge in [-0.25, -0.2) is 4.98 Å². The van der Waals surface area contributed by atoms with Gasteiger partial charge in [-0.1, -0.05) is 12.1 Å². The van der Waals surface area contributed by atoms with Crippen molar-refractivity contribution in [1.82, 2.24) is 10.3 Å². The summed E-state index contributed by atoms with van der Waals surface area (Å²) in [7, 11) is 0. The predicted molar refractivity (Wildman–Crippen MR) is 113 cm³/mol. The highest BCUT2D eigenvalue weighted by molar-refractivity contribution is 7.09. The van der Waals surface area contributed by atoms with Gasteiger partial charge in [0.1, 0.15) is 10.9 Å². The Hall–Kier alpha value is -3.27. The zero-order valence-electron chi connectivity index (χ0n) is 16.4. The van der Waals surface area contributed by atoms with Gasteiger partial charge in [0.05, 0.1) is 24.7 Å². The van der Waals surface area contributed by atoms with Crippen molar-refractivity contribution in [3.05, 3.63) is 46.4 Å². The van der Waals surface area contributed by atoms with Crippen molar-refractivity contribution in [3.63, 3.8) is 0 Å². The third-order valence-electron chi connectivity index (χ3n) is 4.67. The number of ether oxygens (including phenoxy) is 1. The quantitative estimate of drug-likeness (QED) is 0.239. The number of thiazole rings is 1. The summed E-state index contributed by atoms with van der Waals surface area (Å²) < 4.78 is 5.08. The van der Waals surface area contributed by atoms with Crippen molar-refractivity contribution in [1.29, 1.82) is 0 Å². The minimum atomic E-state index is -0.657. The Labute approximate surface area is 177 Å². The van der Waals surface area contributed by atoms with Crippen LogP contribution in [-0.4, -0.2) is 42.1 Å². The van der Waals surface area contributed by atoms with Crippen LogP contribution in [0.25, 0.3) is 0 Å².